The third kappa shape index (κ3) is 4.08. The highest BCUT2D eigenvalue weighted by Crippen LogP contribution is 2.24. The van der Waals surface area contributed by atoms with Gasteiger partial charge in [-0.1, -0.05) is 35.9 Å². The van der Waals surface area contributed by atoms with E-state index >= 15 is 0 Å². The van der Waals surface area contributed by atoms with Crippen molar-refractivity contribution in [3.05, 3.63) is 64.7 Å². The number of benzene rings is 2. The molecule has 0 fully saturated rings. The van der Waals surface area contributed by atoms with Gasteiger partial charge in [0.15, 0.2) is 0 Å². The lowest BCUT2D eigenvalue weighted by Gasteiger charge is -2.18. The fourth-order valence-corrected chi connectivity index (χ4v) is 2.63. The second-order valence-electron chi connectivity index (χ2n) is 5.57. The first-order chi connectivity index (χ1) is 10.1. The molecule has 1 atom stereocenters. The Kier molecular flexibility index (Phi) is 5.40. The van der Waals surface area contributed by atoms with Crippen LogP contribution in [0.25, 0.3) is 0 Å². The smallest absolute Gasteiger partial charge is 0.119 e. The molecule has 2 nitrogen and oxygen atoms in total. The van der Waals surface area contributed by atoms with Crippen molar-refractivity contribution < 1.29 is 4.74 Å². The average molecular weight is 283 g/mol. The number of ether oxygens (including phenoxy) is 1. The summed E-state index contributed by atoms with van der Waals surface area (Å²) in [6, 6.07) is 15.0. The van der Waals surface area contributed by atoms with Gasteiger partial charge in [-0.25, -0.2) is 0 Å². The van der Waals surface area contributed by atoms with Gasteiger partial charge in [0.25, 0.3) is 0 Å². The summed E-state index contributed by atoms with van der Waals surface area (Å²) in [5.41, 5.74) is 11.3. The molecule has 0 heterocycles. The van der Waals surface area contributed by atoms with Crippen LogP contribution >= 0.6 is 0 Å². The molecule has 0 aromatic heterocycles. The molecule has 0 radical (unpaired) electrons. The summed E-state index contributed by atoms with van der Waals surface area (Å²) < 4.78 is 5.50. The highest BCUT2D eigenvalue weighted by Gasteiger charge is 2.12. The zero-order valence-corrected chi connectivity index (χ0v) is 13.2. The summed E-state index contributed by atoms with van der Waals surface area (Å²) in [7, 11) is 0. The van der Waals surface area contributed by atoms with Crippen LogP contribution in [-0.4, -0.2) is 13.2 Å². The van der Waals surface area contributed by atoms with E-state index in [1.54, 1.807) is 0 Å². The fourth-order valence-electron chi connectivity index (χ4n) is 2.63. The van der Waals surface area contributed by atoms with Crippen molar-refractivity contribution in [2.24, 2.45) is 5.73 Å². The summed E-state index contributed by atoms with van der Waals surface area (Å²) in [6.45, 7) is 7.65. The van der Waals surface area contributed by atoms with Crippen LogP contribution in [0.15, 0.2) is 42.5 Å². The molecule has 0 bridgehead atoms. The molecule has 21 heavy (non-hydrogen) atoms. The standard InChI is InChI=1S/C19H25NO/c1-4-21-19-9-7-16(8-10-19)18(13-20)12-17-11-14(2)5-6-15(17)3/h5-11,18H,4,12-13,20H2,1-3H3. The topological polar surface area (TPSA) is 35.2 Å². The molecule has 0 aliphatic heterocycles. The van der Waals surface area contributed by atoms with Crippen molar-refractivity contribution in [3.63, 3.8) is 0 Å². The van der Waals surface area contributed by atoms with Crippen LogP contribution < -0.4 is 10.5 Å². The maximum Gasteiger partial charge on any atom is 0.119 e. The molecule has 112 valence electrons. The minimum Gasteiger partial charge on any atom is -0.494 e. The van der Waals surface area contributed by atoms with E-state index in [9.17, 15) is 0 Å². The van der Waals surface area contributed by atoms with Crippen molar-refractivity contribution in [1.82, 2.24) is 0 Å². The van der Waals surface area contributed by atoms with Gasteiger partial charge < -0.3 is 10.5 Å². The lowest BCUT2D eigenvalue weighted by Crippen LogP contribution is -2.15. The van der Waals surface area contributed by atoms with Gasteiger partial charge in [0.05, 0.1) is 6.61 Å². The quantitative estimate of drug-likeness (QED) is 0.870. The second kappa shape index (κ2) is 7.28. The number of aryl methyl sites for hydroxylation is 2. The molecular weight excluding hydrogens is 258 g/mol. The SMILES string of the molecule is CCOc1ccc(C(CN)Cc2cc(C)ccc2C)cc1. The largest absolute Gasteiger partial charge is 0.494 e. The normalized spacial score (nSPS) is 12.2. The molecular formula is C19H25NO. The van der Waals surface area contributed by atoms with Crippen molar-refractivity contribution in [1.29, 1.82) is 0 Å². The Bertz CT molecular complexity index is 575. The fraction of sp³-hybridized carbons (Fsp3) is 0.368. The predicted molar refractivity (Wildman–Crippen MR) is 89.0 cm³/mol. The van der Waals surface area contributed by atoms with Gasteiger partial charge in [-0.15, -0.1) is 0 Å². The van der Waals surface area contributed by atoms with E-state index in [0.29, 0.717) is 19.1 Å². The molecule has 1 unspecified atom stereocenters. The highest BCUT2D eigenvalue weighted by atomic mass is 16.5. The third-order valence-corrected chi connectivity index (χ3v) is 3.92. The van der Waals surface area contributed by atoms with Crippen molar-refractivity contribution >= 4 is 0 Å². The van der Waals surface area contributed by atoms with Crippen LogP contribution in [-0.2, 0) is 6.42 Å². The molecule has 2 aromatic rings. The Labute approximate surface area is 127 Å². The van der Waals surface area contributed by atoms with E-state index in [0.717, 1.165) is 12.2 Å². The monoisotopic (exact) mass is 283 g/mol. The van der Waals surface area contributed by atoms with E-state index in [2.05, 4.69) is 44.2 Å². The molecule has 0 amide bonds. The maximum absolute atomic E-state index is 6.01. The first kappa shape index (κ1) is 15.6. The number of rotatable bonds is 6. The van der Waals surface area contributed by atoms with Gasteiger partial charge in [-0.2, -0.15) is 0 Å². The molecule has 0 saturated heterocycles. The maximum atomic E-state index is 6.01. The minimum absolute atomic E-state index is 0.348. The van der Waals surface area contributed by atoms with E-state index in [4.69, 9.17) is 10.5 Å². The minimum atomic E-state index is 0.348. The zero-order chi connectivity index (χ0) is 15.2. The summed E-state index contributed by atoms with van der Waals surface area (Å²) in [5, 5.41) is 0. The molecule has 2 heteroatoms. The van der Waals surface area contributed by atoms with Crippen LogP contribution in [0.5, 0.6) is 5.75 Å². The molecule has 2 rings (SSSR count). The van der Waals surface area contributed by atoms with Crippen molar-refractivity contribution in [3.8, 4) is 5.75 Å². The van der Waals surface area contributed by atoms with Crippen LogP contribution in [0.4, 0.5) is 0 Å². The molecule has 0 aliphatic rings. The first-order valence-corrected chi connectivity index (χ1v) is 7.63. The van der Waals surface area contributed by atoms with Gasteiger partial charge in [-0.05, 0) is 62.6 Å². The Hall–Kier alpha value is -1.80. The van der Waals surface area contributed by atoms with E-state index < -0.39 is 0 Å². The Morgan fingerprint density at radius 1 is 1.05 bits per heavy atom. The number of nitrogens with two attached hydrogens (primary N) is 1. The summed E-state index contributed by atoms with van der Waals surface area (Å²) >= 11 is 0. The zero-order valence-electron chi connectivity index (χ0n) is 13.2. The molecule has 0 spiro atoms. The Morgan fingerprint density at radius 2 is 1.76 bits per heavy atom. The lowest BCUT2D eigenvalue weighted by molar-refractivity contribution is 0.340. The molecule has 0 saturated carbocycles. The number of hydrogen-bond acceptors (Lipinski definition) is 2. The second-order valence-corrected chi connectivity index (χ2v) is 5.57. The first-order valence-electron chi connectivity index (χ1n) is 7.63. The summed E-state index contributed by atoms with van der Waals surface area (Å²) in [5.74, 6) is 1.27. The van der Waals surface area contributed by atoms with E-state index in [1.807, 2.05) is 19.1 Å². The van der Waals surface area contributed by atoms with Gasteiger partial charge in [0, 0.05) is 5.92 Å². The van der Waals surface area contributed by atoms with Crippen molar-refractivity contribution in [2.75, 3.05) is 13.2 Å². The summed E-state index contributed by atoms with van der Waals surface area (Å²) in [4.78, 5) is 0. The number of hydrogen-bond donors (Lipinski definition) is 1. The molecule has 0 aliphatic carbocycles. The van der Waals surface area contributed by atoms with Gasteiger partial charge in [0.2, 0.25) is 0 Å². The van der Waals surface area contributed by atoms with Crippen LogP contribution in [0.3, 0.4) is 0 Å². The van der Waals surface area contributed by atoms with Gasteiger partial charge in [0.1, 0.15) is 5.75 Å². The predicted octanol–water partition coefficient (Wildman–Crippen LogP) is 3.99. The van der Waals surface area contributed by atoms with Crippen LogP contribution in [0, 0.1) is 13.8 Å². The lowest BCUT2D eigenvalue weighted by atomic mass is 9.89. The third-order valence-electron chi connectivity index (χ3n) is 3.92. The van der Waals surface area contributed by atoms with Gasteiger partial charge in [-0.3, -0.25) is 0 Å². The van der Waals surface area contributed by atoms with E-state index in [1.165, 1.54) is 22.3 Å². The summed E-state index contributed by atoms with van der Waals surface area (Å²) in [6.07, 6.45) is 0.984. The molecule has 2 N–H and O–H groups in total. The van der Waals surface area contributed by atoms with Gasteiger partial charge >= 0.3 is 0 Å². The van der Waals surface area contributed by atoms with E-state index in [-0.39, 0.29) is 0 Å². The highest BCUT2D eigenvalue weighted by molar-refractivity contribution is 5.35. The van der Waals surface area contributed by atoms with Crippen LogP contribution in [0.2, 0.25) is 0 Å². The molecule has 2 aromatic carbocycles. The van der Waals surface area contributed by atoms with Crippen molar-refractivity contribution in [2.45, 2.75) is 33.1 Å². The Morgan fingerprint density at radius 3 is 2.38 bits per heavy atom. The Balaban J connectivity index is 2.17. The average Bonchev–Trinajstić information content (AvgIpc) is 2.49. The van der Waals surface area contributed by atoms with Crippen LogP contribution in [0.1, 0.15) is 35.1 Å².